The van der Waals surface area contributed by atoms with Crippen molar-refractivity contribution in [3.05, 3.63) is 29.8 Å². The zero-order valence-corrected chi connectivity index (χ0v) is 18.8. The molecule has 1 aromatic rings. The lowest BCUT2D eigenvalue weighted by Crippen LogP contribution is -2.40. The second-order valence-corrected chi connectivity index (χ2v) is 7.33. The molecule has 0 spiro atoms. The minimum Gasteiger partial charge on any atom is -0.480 e. The van der Waals surface area contributed by atoms with Crippen molar-refractivity contribution in [2.75, 3.05) is 18.5 Å². The average molecular weight is 464 g/mol. The zero-order valence-electron chi connectivity index (χ0n) is 18.8. The lowest BCUT2D eigenvalue weighted by Gasteiger charge is -2.16. The van der Waals surface area contributed by atoms with Crippen LogP contribution in [-0.2, 0) is 14.4 Å². The van der Waals surface area contributed by atoms with Gasteiger partial charge in [-0.2, -0.15) is 0 Å². The fraction of sp³-hybridized carbons (Fsp3) is 0.571. The molecular weight excluding hydrogens is 428 g/mol. The van der Waals surface area contributed by atoms with Crippen LogP contribution in [0.5, 0.6) is 0 Å². The number of rotatable bonds is 10. The first kappa shape index (κ1) is 31.4. The number of hydrogen-bond acceptors (Lipinski definition) is 6. The molecule has 11 heteroatoms. The van der Waals surface area contributed by atoms with Crippen LogP contribution in [0.15, 0.2) is 24.3 Å². The number of anilines is 1. The van der Waals surface area contributed by atoms with E-state index in [1.807, 2.05) is 31.2 Å². The van der Waals surface area contributed by atoms with Gasteiger partial charge < -0.3 is 32.1 Å². The molecule has 5 atom stereocenters. The van der Waals surface area contributed by atoms with E-state index in [2.05, 4.69) is 5.32 Å². The van der Waals surface area contributed by atoms with Crippen LogP contribution in [0.4, 0.5) is 14.5 Å². The molecule has 0 aliphatic carbocycles. The number of carboxylic acids is 3. The smallest absolute Gasteiger partial charge is 0.322 e. The fourth-order valence-electron chi connectivity index (χ4n) is 1.95. The summed E-state index contributed by atoms with van der Waals surface area (Å²) in [5.41, 5.74) is 12.3. The number of nitrogens with two attached hydrogens (primary N) is 2. The van der Waals surface area contributed by atoms with Crippen LogP contribution in [0.1, 0.15) is 32.8 Å². The molecule has 5 unspecified atom stereocenters. The summed E-state index contributed by atoms with van der Waals surface area (Å²) in [6.45, 7) is 5.83. The number of nitrogens with one attached hydrogen (secondary N) is 1. The summed E-state index contributed by atoms with van der Waals surface area (Å²) in [4.78, 5) is 30.5. The number of hydrogen-bond donors (Lipinski definition) is 6. The molecular formula is C21H35F2N3O6. The maximum absolute atomic E-state index is 12.4. The number of carbonyl (C=O) groups is 3. The van der Waals surface area contributed by atoms with Crippen molar-refractivity contribution in [2.45, 2.75) is 52.4 Å². The van der Waals surface area contributed by atoms with Crippen LogP contribution < -0.4 is 16.8 Å². The molecule has 0 amide bonds. The molecule has 0 saturated heterocycles. The normalized spacial score (nSPS) is 14.8. The number of alkyl halides is 2. The summed E-state index contributed by atoms with van der Waals surface area (Å²) in [7, 11) is 0. The van der Waals surface area contributed by atoms with Crippen LogP contribution in [0.3, 0.4) is 0 Å². The van der Waals surface area contributed by atoms with Crippen LogP contribution in [0.25, 0.3) is 0 Å². The molecule has 0 bridgehead atoms. The van der Waals surface area contributed by atoms with Gasteiger partial charge in [-0.25, -0.2) is 4.39 Å². The van der Waals surface area contributed by atoms with Crippen molar-refractivity contribution in [1.29, 1.82) is 0 Å². The highest BCUT2D eigenvalue weighted by molar-refractivity contribution is 5.74. The van der Waals surface area contributed by atoms with Gasteiger partial charge in [0.1, 0.15) is 24.8 Å². The molecule has 9 nitrogen and oxygen atoms in total. The van der Waals surface area contributed by atoms with Crippen molar-refractivity contribution < 1.29 is 38.5 Å². The van der Waals surface area contributed by atoms with Gasteiger partial charge in [0.2, 0.25) is 0 Å². The second kappa shape index (κ2) is 16.8. The van der Waals surface area contributed by atoms with E-state index in [1.165, 1.54) is 13.8 Å². The van der Waals surface area contributed by atoms with Gasteiger partial charge in [0.05, 0.1) is 6.67 Å². The van der Waals surface area contributed by atoms with Crippen LogP contribution in [0, 0.1) is 18.8 Å². The van der Waals surface area contributed by atoms with E-state index in [0.717, 1.165) is 11.3 Å². The van der Waals surface area contributed by atoms with Crippen LogP contribution in [-0.4, -0.2) is 64.7 Å². The summed E-state index contributed by atoms with van der Waals surface area (Å²) >= 11 is 0. The Hall–Kier alpha value is -2.79. The minimum absolute atomic E-state index is 0.0386. The molecule has 1 rings (SSSR count). The van der Waals surface area contributed by atoms with E-state index < -0.39 is 48.8 Å². The molecule has 32 heavy (non-hydrogen) atoms. The molecule has 184 valence electrons. The fourth-order valence-corrected chi connectivity index (χ4v) is 1.95. The van der Waals surface area contributed by atoms with E-state index >= 15 is 0 Å². The molecule has 8 N–H and O–H groups in total. The molecule has 0 aliphatic rings. The Morgan fingerprint density at radius 3 is 1.75 bits per heavy atom. The van der Waals surface area contributed by atoms with Crippen molar-refractivity contribution >= 4 is 23.6 Å². The van der Waals surface area contributed by atoms with Gasteiger partial charge in [0, 0.05) is 11.6 Å². The summed E-state index contributed by atoms with van der Waals surface area (Å²) in [6, 6.07) is 5.56. The Labute approximate surface area is 186 Å². The standard InChI is InChI=1S/C9H11NO2.2C6H12FNO2/c1-7-2-4-8(5-3-7)10-6-9(11)12;1-4(2-3-7)5(8)6(9)10;1-3(4(2)7)5(8)6(9)10/h2-5,10H,6H2,1H3,(H,11,12);4-5H,2-3,8H2,1H3,(H,9,10);3-5H,8H2,1-2H3,(H,9,10). The summed E-state index contributed by atoms with van der Waals surface area (Å²) in [6.07, 6.45) is -0.959. The number of halogens is 2. The molecule has 1 aromatic carbocycles. The SMILES string of the molecule is CC(CCF)C(N)C(=O)O.CC(F)C(C)C(N)C(=O)O.Cc1ccc(NCC(=O)O)cc1. The monoisotopic (exact) mass is 463 g/mol. The highest BCUT2D eigenvalue weighted by atomic mass is 19.1. The molecule has 0 saturated carbocycles. The predicted molar refractivity (Wildman–Crippen MR) is 118 cm³/mol. The number of aliphatic carboxylic acids is 3. The van der Waals surface area contributed by atoms with Crippen molar-refractivity contribution in [3.63, 3.8) is 0 Å². The summed E-state index contributed by atoms with van der Waals surface area (Å²) in [5.74, 6) is -3.99. The molecule has 0 aliphatic heterocycles. The van der Waals surface area contributed by atoms with Gasteiger partial charge in [0.15, 0.2) is 0 Å². The third-order valence-corrected chi connectivity index (χ3v) is 4.53. The molecule has 0 fully saturated rings. The van der Waals surface area contributed by atoms with Gasteiger partial charge in [-0.05, 0) is 38.3 Å². The highest BCUT2D eigenvalue weighted by Gasteiger charge is 2.24. The van der Waals surface area contributed by atoms with E-state index in [1.54, 1.807) is 6.92 Å². The second-order valence-electron chi connectivity index (χ2n) is 7.33. The van der Waals surface area contributed by atoms with Crippen molar-refractivity contribution in [3.8, 4) is 0 Å². The number of benzene rings is 1. The maximum Gasteiger partial charge on any atom is 0.322 e. The number of aryl methyl sites for hydroxylation is 1. The Morgan fingerprint density at radius 2 is 1.44 bits per heavy atom. The topological polar surface area (TPSA) is 176 Å². The van der Waals surface area contributed by atoms with Crippen LogP contribution >= 0.6 is 0 Å². The number of carboxylic acid groups (broad SMARTS) is 3. The van der Waals surface area contributed by atoms with E-state index in [0.29, 0.717) is 0 Å². The first-order valence-electron chi connectivity index (χ1n) is 9.93. The lowest BCUT2D eigenvalue weighted by atomic mass is 9.99. The van der Waals surface area contributed by atoms with Gasteiger partial charge in [-0.1, -0.05) is 31.5 Å². The highest BCUT2D eigenvalue weighted by Crippen LogP contribution is 2.10. The maximum atomic E-state index is 12.4. The largest absolute Gasteiger partial charge is 0.480 e. The summed E-state index contributed by atoms with van der Waals surface area (Å²) < 4.78 is 24.0. The molecule has 0 heterocycles. The Morgan fingerprint density at radius 1 is 0.969 bits per heavy atom. The van der Waals surface area contributed by atoms with Gasteiger partial charge in [-0.15, -0.1) is 0 Å². The molecule has 0 aromatic heterocycles. The predicted octanol–water partition coefficient (Wildman–Crippen LogP) is 2.28. The van der Waals surface area contributed by atoms with E-state index in [-0.39, 0.29) is 18.9 Å². The van der Waals surface area contributed by atoms with Gasteiger partial charge >= 0.3 is 17.9 Å². The Bertz CT molecular complexity index is 689. The van der Waals surface area contributed by atoms with Crippen LogP contribution in [0.2, 0.25) is 0 Å². The quantitative estimate of drug-likeness (QED) is 0.304. The summed E-state index contributed by atoms with van der Waals surface area (Å²) in [5, 5.41) is 27.8. The van der Waals surface area contributed by atoms with Crippen molar-refractivity contribution in [2.24, 2.45) is 23.3 Å². The Balaban J connectivity index is 0. The van der Waals surface area contributed by atoms with Gasteiger partial charge in [-0.3, -0.25) is 18.8 Å². The Kier molecular flexibility index (Phi) is 16.5. The van der Waals surface area contributed by atoms with E-state index in [4.69, 9.17) is 26.8 Å². The first-order valence-corrected chi connectivity index (χ1v) is 9.93. The first-order chi connectivity index (χ1) is 14.7. The van der Waals surface area contributed by atoms with Gasteiger partial charge in [0.25, 0.3) is 0 Å². The third-order valence-electron chi connectivity index (χ3n) is 4.53. The third kappa shape index (κ3) is 15.1. The lowest BCUT2D eigenvalue weighted by molar-refractivity contribution is -0.141. The average Bonchev–Trinajstić information content (AvgIpc) is 2.72. The molecule has 0 radical (unpaired) electrons. The van der Waals surface area contributed by atoms with E-state index in [9.17, 15) is 23.2 Å². The zero-order chi connectivity index (χ0) is 25.4. The van der Waals surface area contributed by atoms with Crippen molar-refractivity contribution in [1.82, 2.24) is 0 Å². The minimum atomic E-state index is -1.17.